The summed E-state index contributed by atoms with van der Waals surface area (Å²) in [4.78, 5) is 22.3. The smallest absolute Gasteiger partial charge is 0.327 e. The normalized spacial score (nSPS) is 10.8. The van der Waals surface area contributed by atoms with Gasteiger partial charge in [0.05, 0.1) is 0 Å². The molecule has 0 aromatic carbocycles. The number of hydrogen-bond acceptors (Lipinski definition) is 4. The van der Waals surface area contributed by atoms with Gasteiger partial charge >= 0.3 is 5.69 Å². The van der Waals surface area contributed by atoms with E-state index in [1.807, 2.05) is 0 Å². The number of rotatable bonds is 1. The van der Waals surface area contributed by atoms with Gasteiger partial charge in [0, 0.05) is 14.1 Å². The summed E-state index contributed by atoms with van der Waals surface area (Å²) in [6.07, 6.45) is 0. The highest BCUT2D eigenvalue weighted by atomic mass is 16.1. The Kier molecular flexibility index (Phi) is 1.77. The summed E-state index contributed by atoms with van der Waals surface area (Å²) in [6.45, 7) is 1.78. The molecule has 2 N–H and O–H groups in total. The minimum atomic E-state index is -0.184. The molecular formula is C8H11N5O. The van der Waals surface area contributed by atoms with Gasteiger partial charge in [0.2, 0.25) is 0 Å². The van der Waals surface area contributed by atoms with Gasteiger partial charge in [-0.1, -0.05) is 0 Å². The van der Waals surface area contributed by atoms with Crippen molar-refractivity contribution in [1.82, 2.24) is 19.5 Å². The second kappa shape index (κ2) is 2.83. The molecule has 2 aromatic rings. The average molecular weight is 193 g/mol. The lowest BCUT2D eigenvalue weighted by Crippen LogP contribution is -2.12. The van der Waals surface area contributed by atoms with E-state index in [-0.39, 0.29) is 5.69 Å². The summed E-state index contributed by atoms with van der Waals surface area (Å²) >= 11 is 0. The molecule has 0 aliphatic heterocycles. The molecule has 2 heterocycles. The Bertz CT molecular complexity index is 538. The van der Waals surface area contributed by atoms with E-state index in [0.29, 0.717) is 22.8 Å². The van der Waals surface area contributed by atoms with Crippen LogP contribution in [0.1, 0.15) is 5.82 Å². The van der Waals surface area contributed by atoms with Crippen molar-refractivity contribution < 1.29 is 0 Å². The fourth-order valence-corrected chi connectivity index (χ4v) is 1.43. The molecule has 0 radical (unpaired) electrons. The zero-order valence-corrected chi connectivity index (χ0v) is 8.25. The van der Waals surface area contributed by atoms with Crippen LogP contribution in [0.2, 0.25) is 0 Å². The van der Waals surface area contributed by atoms with Gasteiger partial charge in [-0.2, -0.15) is 0 Å². The zero-order valence-electron chi connectivity index (χ0n) is 8.25. The molecule has 0 bridgehead atoms. The fraction of sp³-hybridized carbons (Fsp3) is 0.375. The number of imidazole rings is 1. The molecule has 6 nitrogen and oxygen atoms in total. The van der Waals surface area contributed by atoms with Crippen LogP contribution in [0.15, 0.2) is 4.79 Å². The van der Waals surface area contributed by atoms with Gasteiger partial charge in [-0.3, -0.25) is 9.55 Å². The predicted octanol–water partition coefficient (Wildman–Crippen LogP) is 0.00672. The number of anilines is 1. The maximum atomic E-state index is 11.3. The van der Waals surface area contributed by atoms with E-state index >= 15 is 0 Å². The first-order valence-corrected chi connectivity index (χ1v) is 4.24. The Hall–Kier alpha value is -1.85. The third-order valence-corrected chi connectivity index (χ3v) is 2.10. The second-order valence-corrected chi connectivity index (χ2v) is 3.06. The lowest BCUT2D eigenvalue weighted by atomic mass is 10.4. The van der Waals surface area contributed by atoms with Gasteiger partial charge in [-0.25, -0.2) is 14.8 Å². The lowest BCUT2D eigenvalue weighted by molar-refractivity contribution is 0.890. The molecule has 0 saturated heterocycles. The van der Waals surface area contributed by atoms with Crippen molar-refractivity contribution in [3.8, 4) is 0 Å². The summed E-state index contributed by atoms with van der Waals surface area (Å²) < 4.78 is 1.49. The monoisotopic (exact) mass is 193 g/mol. The van der Waals surface area contributed by atoms with Gasteiger partial charge in [0.25, 0.3) is 0 Å². The van der Waals surface area contributed by atoms with Gasteiger partial charge < -0.3 is 5.32 Å². The molecule has 0 aliphatic rings. The number of hydrogen-bond donors (Lipinski definition) is 2. The molecular weight excluding hydrogens is 182 g/mol. The van der Waals surface area contributed by atoms with Crippen molar-refractivity contribution in [3.05, 3.63) is 16.3 Å². The van der Waals surface area contributed by atoms with Crippen molar-refractivity contribution in [1.29, 1.82) is 0 Å². The van der Waals surface area contributed by atoms with Crippen LogP contribution in [-0.2, 0) is 7.05 Å². The molecule has 0 fully saturated rings. The van der Waals surface area contributed by atoms with E-state index in [4.69, 9.17) is 0 Å². The Morgan fingerprint density at radius 1 is 1.43 bits per heavy atom. The van der Waals surface area contributed by atoms with Crippen LogP contribution in [0, 0.1) is 6.92 Å². The number of aryl methyl sites for hydroxylation is 2. The van der Waals surface area contributed by atoms with Crippen LogP contribution in [-0.4, -0.2) is 26.6 Å². The predicted molar refractivity (Wildman–Crippen MR) is 53.4 cm³/mol. The van der Waals surface area contributed by atoms with Crippen LogP contribution < -0.4 is 11.0 Å². The van der Waals surface area contributed by atoms with E-state index < -0.39 is 0 Å². The number of fused-ring (bicyclic) bond motifs is 1. The molecule has 0 unspecified atom stereocenters. The number of aromatic amines is 1. The minimum absolute atomic E-state index is 0.184. The van der Waals surface area contributed by atoms with Crippen LogP contribution in [0.4, 0.5) is 5.82 Å². The van der Waals surface area contributed by atoms with E-state index in [0.717, 1.165) is 0 Å². The van der Waals surface area contributed by atoms with E-state index in [1.54, 1.807) is 21.0 Å². The topological polar surface area (TPSA) is 75.6 Å². The zero-order chi connectivity index (χ0) is 10.3. The molecule has 6 heteroatoms. The highest BCUT2D eigenvalue weighted by Gasteiger charge is 2.10. The second-order valence-electron chi connectivity index (χ2n) is 3.06. The van der Waals surface area contributed by atoms with E-state index in [2.05, 4.69) is 20.3 Å². The minimum Gasteiger partial charge on any atom is -0.371 e. The van der Waals surface area contributed by atoms with Crippen LogP contribution in [0.5, 0.6) is 0 Å². The summed E-state index contributed by atoms with van der Waals surface area (Å²) in [5.74, 6) is 1.29. The molecule has 0 amide bonds. The molecule has 0 aliphatic carbocycles. The van der Waals surface area contributed by atoms with Crippen LogP contribution in [0.25, 0.3) is 11.2 Å². The third kappa shape index (κ3) is 1.07. The molecule has 14 heavy (non-hydrogen) atoms. The Labute approximate surface area is 80.0 Å². The number of H-pyrrole nitrogens is 1. The summed E-state index contributed by atoms with van der Waals surface area (Å²) in [5, 5.41) is 2.93. The average Bonchev–Trinajstić information content (AvgIpc) is 2.41. The van der Waals surface area contributed by atoms with Crippen LogP contribution >= 0.6 is 0 Å². The fourth-order valence-electron chi connectivity index (χ4n) is 1.43. The Morgan fingerprint density at radius 3 is 2.79 bits per heavy atom. The number of nitrogens with zero attached hydrogens (tertiary/aromatic N) is 3. The quantitative estimate of drug-likeness (QED) is 0.668. The third-order valence-electron chi connectivity index (χ3n) is 2.10. The lowest BCUT2D eigenvalue weighted by Gasteiger charge is -2.02. The molecule has 0 spiro atoms. The Balaban J connectivity index is 2.96. The van der Waals surface area contributed by atoms with Gasteiger partial charge in [0.1, 0.15) is 11.3 Å². The molecule has 2 aromatic heterocycles. The SMILES string of the molecule is CNc1nc(C)nc2[nH]c(=O)n(C)c12. The summed E-state index contributed by atoms with van der Waals surface area (Å²) in [6, 6.07) is 0. The van der Waals surface area contributed by atoms with Gasteiger partial charge in [0.15, 0.2) is 11.5 Å². The largest absolute Gasteiger partial charge is 0.371 e. The first-order valence-electron chi connectivity index (χ1n) is 4.24. The van der Waals surface area contributed by atoms with Crippen LogP contribution in [0.3, 0.4) is 0 Å². The summed E-state index contributed by atoms with van der Waals surface area (Å²) in [7, 11) is 3.44. The van der Waals surface area contributed by atoms with E-state index in [9.17, 15) is 4.79 Å². The van der Waals surface area contributed by atoms with Crippen molar-refractivity contribution in [2.45, 2.75) is 6.92 Å². The van der Waals surface area contributed by atoms with Crippen molar-refractivity contribution in [2.75, 3.05) is 12.4 Å². The Morgan fingerprint density at radius 2 is 2.14 bits per heavy atom. The summed E-state index contributed by atoms with van der Waals surface area (Å²) in [5.41, 5.74) is 1.08. The first-order chi connectivity index (χ1) is 6.63. The maximum Gasteiger partial charge on any atom is 0.327 e. The number of aromatic nitrogens is 4. The van der Waals surface area contributed by atoms with Crippen molar-refractivity contribution in [2.24, 2.45) is 7.05 Å². The molecule has 0 atom stereocenters. The standard InChI is InChI=1S/C8H11N5O/c1-4-10-6(9-2)5-7(11-4)12-8(14)13(5)3/h1-3H3,(H2,9,10,11,12,14). The highest BCUT2D eigenvalue weighted by molar-refractivity contribution is 5.82. The van der Waals surface area contributed by atoms with E-state index in [1.165, 1.54) is 4.57 Å². The van der Waals surface area contributed by atoms with Crippen molar-refractivity contribution >= 4 is 17.0 Å². The molecule has 74 valence electrons. The molecule has 2 rings (SSSR count). The highest BCUT2D eigenvalue weighted by Crippen LogP contribution is 2.15. The maximum absolute atomic E-state index is 11.3. The van der Waals surface area contributed by atoms with Crippen molar-refractivity contribution in [3.63, 3.8) is 0 Å². The van der Waals surface area contributed by atoms with Gasteiger partial charge in [-0.15, -0.1) is 0 Å². The first kappa shape index (κ1) is 8.74. The number of nitrogens with one attached hydrogen (secondary N) is 2. The van der Waals surface area contributed by atoms with Gasteiger partial charge in [-0.05, 0) is 6.92 Å². The molecule has 0 saturated carbocycles.